The summed E-state index contributed by atoms with van der Waals surface area (Å²) in [6.07, 6.45) is 4.23. The van der Waals surface area contributed by atoms with Crippen LogP contribution in [0.2, 0.25) is 0 Å². The molecule has 0 aliphatic carbocycles. The van der Waals surface area contributed by atoms with Crippen molar-refractivity contribution in [2.45, 2.75) is 20.3 Å². The fourth-order valence-electron chi connectivity index (χ4n) is 4.51. The maximum absolute atomic E-state index is 13.2. The van der Waals surface area contributed by atoms with E-state index in [-0.39, 0.29) is 11.8 Å². The lowest BCUT2D eigenvalue weighted by Gasteiger charge is -2.35. The van der Waals surface area contributed by atoms with Crippen LogP contribution in [0.4, 0.5) is 5.69 Å². The number of carbonyl (C=O) groups is 2. The molecule has 0 radical (unpaired) electrons. The summed E-state index contributed by atoms with van der Waals surface area (Å²) in [6.45, 7) is 6.73. The third-order valence-corrected chi connectivity index (χ3v) is 5.85. The van der Waals surface area contributed by atoms with Gasteiger partial charge in [0, 0.05) is 19.2 Å². The number of nitrogens with zero attached hydrogens (tertiary/aromatic N) is 1. The number of amides is 2. The maximum Gasteiger partial charge on any atom is 0.255 e. The number of hydrogen-bond acceptors (Lipinski definition) is 5. The first kappa shape index (κ1) is 22.7. The molecule has 1 fully saturated rings. The number of piperidine rings is 1. The molecule has 1 N–H and O–H groups in total. The van der Waals surface area contributed by atoms with Crippen LogP contribution < -0.4 is 19.5 Å². The zero-order valence-electron chi connectivity index (χ0n) is 19.3. The normalized spacial score (nSPS) is 19.9. The predicted octanol–water partition coefficient (Wildman–Crippen LogP) is 4.24. The lowest BCUT2D eigenvalue weighted by atomic mass is 9.91. The third kappa shape index (κ3) is 5.30. The largest absolute Gasteiger partial charge is 0.493 e. The van der Waals surface area contributed by atoms with Crippen LogP contribution in [0.25, 0.3) is 6.08 Å². The monoisotopic (exact) mass is 450 g/mol. The summed E-state index contributed by atoms with van der Waals surface area (Å²) < 4.78 is 16.6. The number of rotatable bonds is 5. The Kier molecular flexibility index (Phi) is 6.87. The first-order chi connectivity index (χ1) is 15.9. The van der Waals surface area contributed by atoms with Gasteiger partial charge >= 0.3 is 0 Å². The number of ether oxygens (including phenoxy) is 3. The van der Waals surface area contributed by atoms with Crippen LogP contribution >= 0.6 is 0 Å². The molecule has 33 heavy (non-hydrogen) atoms. The zero-order chi connectivity index (χ0) is 23.4. The van der Waals surface area contributed by atoms with Gasteiger partial charge in [0.1, 0.15) is 13.2 Å². The minimum absolute atomic E-state index is 0.0511. The number of anilines is 1. The second kappa shape index (κ2) is 9.98. The Labute approximate surface area is 194 Å². The van der Waals surface area contributed by atoms with Crippen LogP contribution in [0, 0.1) is 11.8 Å². The maximum atomic E-state index is 13.2. The van der Waals surface area contributed by atoms with Gasteiger partial charge in [0.05, 0.1) is 18.4 Å². The fraction of sp³-hybridized carbons (Fsp3) is 0.385. The smallest absolute Gasteiger partial charge is 0.255 e. The van der Waals surface area contributed by atoms with Crippen molar-refractivity contribution in [3.63, 3.8) is 0 Å². The first-order valence-electron chi connectivity index (χ1n) is 11.3. The highest BCUT2D eigenvalue weighted by molar-refractivity contribution is 6.07. The van der Waals surface area contributed by atoms with E-state index in [1.165, 1.54) is 6.08 Å². The highest BCUT2D eigenvalue weighted by Crippen LogP contribution is 2.40. The molecule has 7 nitrogen and oxygen atoms in total. The molecule has 174 valence electrons. The number of para-hydroxylation sites is 1. The second-order valence-electron chi connectivity index (χ2n) is 8.77. The molecule has 0 spiro atoms. The molecule has 2 atom stereocenters. The van der Waals surface area contributed by atoms with Gasteiger partial charge in [0.15, 0.2) is 11.5 Å². The van der Waals surface area contributed by atoms with E-state index < -0.39 is 0 Å². The van der Waals surface area contributed by atoms with Crippen molar-refractivity contribution in [3.8, 4) is 17.2 Å². The molecule has 0 saturated carbocycles. The molecule has 2 aromatic carbocycles. The highest BCUT2D eigenvalue weighted by Gasteiger charge is 2.27. The molecule has 7 heteroatoms. The summed E-state index contributed by atoms with van der Waals surface area (Å²) in [7, 11) is 1.56. The van der Waals surface area contributed by atoms with Crippen LogP contribution in [0.3, 0.4) is 0 Å². The molecule has 2 amide bonds. The van der Waals surface area contributed by atoms with Gasteiger partial charge in [-0.3, -0.25) is 9.59 Å². The number of likely N-dealkylation sites (tertiary alicyclic amines) is 1. The number of carbonyl (C=O) groups excluding carboxylic acids is 2. The van der Waals surface area contributed by atoms with Crippen molar-refractivity contribution in [1.82, 2.24) is 4.90 Å². The Morgan fingerprint density at radius 1 is 1.09 bits per heavy atom. The van der Waals surface area contributed by atoms with E-state index in [0.29, 0.717) is 53.5 Å². The lowest BCUT2D eigenvalue weighted by Crippen LogP contribution is -2.42. The molecular formula is C26H30N2O5. The van der Waals surface area contributed by atoms with E-state index in [1.807, 2.05) is 17.0 Å². The summed E-state index contributed by atoms with van der Waals surface area (Å²) in [5, 5.41) is 2.85. The van der Waals surface area contributed by atoms with Crippen molar-refractivity contribution in [2.75, 3.05) is 38.7 Å². The SMILES string of the molecule is COc1cc(/C=C/C(=O)Nc2ccccc2C(=O)N2CC(C)CC(C)C2)cc2c1OCCO2. The minimum Gasteiger partial charge on any atom is -0.493 e. The number of benzene rings is 2. The van der Waals surface area contributed by atoms with Crippen molar-refractivity contribution in [2.24, 2.45) is 11.8 Å². The van der Waals surface area contributed by atoms with Crippen molar-refractivity contribution in [1.29, 1.82) is 0 Å². The topological polar surface area (TPSA) is 77.1 Å². The van der Waals surface area contributed by atoms with Gasteiger partial charge in [0.25, 0.3) is 5.91 Å². The summed E-state index contributed by atoms with van der Waals surface area (Å²) in [6, 6.07) is 10.7. The number of nitrogens with one attached hydrogen (secondary N) is 1. The molecule has 2 aromatic rings. The van der Waals surface area contributed by atoms with E-state index in [2.05, 4.69) is 19.2 Å². The van der Waals surface area contributed by atoms with Crippen LogP contribution in [0.1, 0.15) is 36.2 Å². The van der Waals surface area contributed by atoms with Gasteiger partial charge in [-0.2, -0.15) is 0 Å². The average molecular weight is 451 g/mol. The van der Waals surface area contributed by atoms with E-state index in [1.54, 1.807) is 37.5 Å². The van der Waals surface area contributed by atoms with Gasteiger partial charge in [-0.15, -0.1) is 0 Å². The van der Waals surface area contributed by atoms with E-state index in [9.17, 15) is 9.59 Å². The van der Waals surface area contributed by atoms with Crippen molar-refractivity contribution in [3.05, 3.63) is 53.6 Å². The third-order valence-electron chi connectivity index (χ3n) is 5.85. The summed E-state index contributed by atoms with van der Waals surface area (Å²) >= 11 is 0. The molecule has 2 heterocycles. The quantitative estimate of drug-likeness (QED) is 0.690. The molecular weight excluding hydrogens is 420 g/mol. The lowest BCUT2D eigenvalue weighted by molar-refractivity contribution is -0.111. The van der Waals surface area contributed by atoms with E-state index in [4.69, 9.17) is 14.2 Å². The number of methoxy groups -OCH3 is 1. The van der Waals surface area contributed by atoms with E-state index in [0.717, 1.165) is 25.1 Å². The second-order valence-corrected chi connectivity index (χ2v) is 8.77. The van der Waals surface area contributed by atoms with Gasteiger partial charge < -0.3 is 24.4 Å². The van der Waals surface area contributed by atoms with Gasteiger partial charge in [-0.1, -0.05) is 26.0 Å². The minimum atomic E-state index is -0.329. The Morgan fingerprint density at radius 3 is 2.58 bits per heavy atom. The van der Waals surface area contributed by atoms with E-state index >= 15 is 0 Å². The Balaban J connectivity index is 1.48. The summed E-state index contributed by atoms with van der Waals surface area (Å²) in [5.74, 6) is 2.25. The van der Waals surface area contributed by atoms with Gasteiger partial charge in [-0.25, -0.2) is 0 Å². The van der Waals surface area contributed by atoms with Crippen LogP contribution in [-0.4, -0.2) is 50.1 Å². The molecule has 2 aliphatic rings. The van der Waals surface area contributed by atoms with Crippen LogP contribution in [0.15, 0.2) is 42.5 Å². The highest BCUT2D eigenvalue weighted by atomic mass is 16.6. The molecule has 1 saturated heterocycles. The molecule has 2 unspecified atom stereocenters. The Bertz CT molecular complexity index is 1040. The van der Waals surface area contributed by atoms with Gasteiger partial charge in [-0.05, 0) is 54.2 Å². The molecule has 0 aromatic heterocycles. The molecule has 4 rings (SSSR count). The van der Waals surface area contributed by atoms with Crippen molar-refractivity contribution < 1.29 is 23.8 Å². The molecule has 0 bridgehead atoms. The standard InChI is InChI=1S/C26H30N2O5/c1-17-12-18(2)16-28(15-17)26(30)20-6-4-5-7-21(20)27-24(29)9-8-19-13-22(31-3)25-23(14-19)32-10-11-33-25/h4-9,13-14,17-18H,10-12,15-16H2,1-3H3,(H,27,29)/b9-8+. The number of fused-ring (bicyclic) bond motifs is 1. The number of hydrogen-bond donors (Lipinski definition) is 1. The van der Waals surface area contributed by atoms with Crippen molar-refractivity contribution >= 4 is 23.6 Å². The predicted molar refractivity (Wildman–Crippen MR) is 127 cm³/mol. The summed E-state index contributed by atoms with van der Waals surface area (Å²) in [4.78, 5) is 27.8. The van der Waals surface area contributed by atoms with Crippen LogP contribution in [-0.2, 0) is 4.79 Å². The summed E-state index contributed by atoms with van der Waals surface area (Å²) in [5.41, 5.74) is 1.75. The Hall–Kier alpha value is -3.48. The van der Waals surface area contributed by atoms with Crippen LogP contribution in [0.5, 0.6) is 17.2 Å². The zero-order valence-corrected chi connectivity index (χ0v) is 19.3. The van der Waals surface area contributed by atoms with Gasteiger partial charge in [0.2, 0.25) is 11.7 Å². The molecule has 2 aliphatic heterocycles. The Morgan fingerprint density at radius 2 is 1.82 bits per heavy atom. The first-order valence-corrected chi connectivity index (χ1v) is 11.3. The fourth-order valence-corrected chi connectivity index (χ4v) is 4.51. The average Bonchev–Trinajstić information content (AvgIpc) is 2.81.